The zero-order valence-electron chi connectivity index (χ0n) is 12.4. The molecule has 2 aromatic heterocycles. The molecule has 2 aromatic rings. The van der Waals surface area contributed by atoms with E-state index in [1.165, 1.54) is 6.33 Å². The number of nitrogens with one attached hydrogen (secondary N) is 1. The largest absolute Gasteiger partial charge is 0.310 e. The first-order valence-electron chi connectivity index (χ1n) is 7.61. The Bertz CT molecular complexity index is 798. The number of hydrogen-bond donors (Lipinski definition) is 1. The topological polar surface area (TPSA) is 74.8 Å². The van der Waals surface area contributed by atoms with Crippen molar-refractivity contribution in [2.75, 3.05) is 6.54 Å². The van der Waals surface area contributed by atoms with E-state index in [0.29, 0.717) is 41.3 Å². The highest BCUT2D eigenvalue weighted by atomic mass is 35.5. The van der Waals surface area contributed by atoms with Crippen LogP contribution in [0.15, 0.2) is 11.1 Å². The molecule has 6 nitrogen and oxygen atoms in total. The summed E-state index contributed by atoms with van der Waals surface area (Å²) in [5.41, 5.74) is 2.39. The summed E-state index contributed by atoms with van der Waals surface area (Å²) in [5, 5.41) is 0.738. The Morgan fingerprint density at radius 3 is 2.70 bits per heavy atom. The fraction of sp³-hybridized carbons (Fsp3) is 0.467. The van der Waals surface area contributed by atoms with Crippen LogP contribution in [0.5, 0.6) is 0 Å². The van der Waals surface area contributed by atoms with Crippen molar-refractivity contribution in [3.8, 4) is 0 Å². The lowest BCUT2D eigenvalue weighted by Crippen LogP contribution is -2.35. The molecule has 120 valence electrons. The van der Waals surface area contributed by atoms with Gasteiger partial charge in [0.05, 0.1) is 5.69 Å². The van der Waals surface area contributed by atoms with Crippen LogP contribution < -0.4 is 5.56 Å². The second-order valence-corrected chi connectivity index (χ2v) is 6.76. The molecule has 2 aliphatic rings. The van der Waals surface area contributed by atoms with Gasteiger partial charge in [-0.05, 0) is 19.3 Å². The molecule has 0 radical (unpaired) electrons. The van der Waals surface area contributed by atoms with E-state index in [2.05, 4.69) is 24.8 Å². The van der Waals surface area contributed by atoms with E-state index in [4.69, 9.17) is 23.2 Å². The Morgan fingerprint density at radius 2 is 2.00 bits per heavy atom. The van der Waals surface area contributed by atoms with Crippen LogP contribution in [0.2, 0.25) is 10.3 Å². The number of nitrogens with zero attached hydrogens (tertiary/aromatic N) is 4. The third-order valence-electron chi connectivity index (χ3n) is 4.36. The molecule has 0 saturated heterocycles. The van der Waals surface area contributed by atoms with Gasteiger partial charge in [0.2, 0.25) is 0 Å². The van der Waals surface area contributed by atoms with Crippen molar-refractivity contribution in [2.24, 2.45) is 0 Å². The second kappa shape index (κ2) is 5.85. The monoisotopic (exact) mass is 351 g/mol. The van der Waals surface area contributed by atoms with Gasteiger partial charge in [-0.25, -0.2) is 15.0 Å². The van der Waals surface area contributed by atoms with E-state index in [1.807, 2.05) is 0 Å². The molecule has 1 aliphatic heterocycles. The van der Waals surface area contributed by atoms with Crippen molar-refractivity contribution in [2.45, 2.75) is 38.3 Å². The van der Waals surface area contributed by atoms with Crippen LogP contribution in [-0.4, -0.2) is 31.4 Å². The quantitative estimate of drug-likeness (QED) is 0.858. The van der Waals surface area contributed by atoms with Crippen LogP contribution in [0.4, 0.5) is 0 Å². The molecule has 0 atom stereocenters. The van der Waals surface area contributed by atoms with Gasteiger partial charge in [0, 0.05) is 36.7 Å². The fourth-order valence-electron chi connectivity index (χ4n) is 2.92. The van der Waals surface area contributed by atoms with Crippen LogP contribution >= 0.6 is 23.2 Å². The molecule has 3 heterocycles. The van der Waals surface area contributed by atoms with Gasteiger partial charge in [0.1, 0.15) is 22.5 Å². The zero-order chi connectivity index (χ0) is 16.0. The Labute approximate surface area is 142 Å². The highest BCUT2D eigenvalue weighted by molar-refractivity contribution is 6.34. The minimum Gasteiger partial charge on any atom is -0.310 e. The van der Waals surface area contributed by atoms with Crippen molar-refractivity contribution in [1.82, 2.24) is 24.8 Å². The first kappa shape index (κ1) is 15.1. The minimum absolute atomic E-state index is 0.00987. The highest BCUT2D eigenvalue weighted by Gasteiger charge is 2.29. The van der Waals surface area contributed by atoms with E-state index in [-0.39, 0.29) is 5.56 Å². The SMILES string of the molecule is O=c1[nH]c(C2CC2)nc2c1CCN(Cc1c(Cl)ncnc1Cl)C2. The molecule has 0 bridgehead atoms. The lowest BCUT2D eigenvalue weighted by atomic mass is 10.1. The molecule has 8 heteroatoms. The maximum Gasteiger partial charge on any atom is 0.254 e. The summed E-state index contributed by atoms with van der Waals surface area (Å²) in [5.74, 6) is 1.25. The summed E-state index contributed by atoms with van der Waals surface area (Å²) in [7, 11) is 0. The van der Waals surface area contributed by atoms with Crippen LogP contribution in [0.1, 0.15) is 41.4 Å². The molecule has 1 aliphatic carbocycles. The van der Waals surface area contributed by atoms with Gasteiger partial charge in [-0.3, -0.25) is 9.69 Å². The molecule has 1 fully saturated rings. The van der Waals surface area contributed by atoms with Crippen molar-refractivity contribution in [3.63, 3.8) is 0 Å². The number of aromatic nitrogens is 4. The predicted octanol–water partition coefficient (Wildman–Crippen LogP) is 2.30. The molecule has 0 amide bonds. The molecule has 4 rings (SSSR count). The summed E-state index contributed by atoms with van der Waals surface area (Å²) in [6.07, 6.45) is 4.24. The fourth-order valence-corrected chi connectivity index (χ4v) is 3.36. The van der Waals surface area contributed by atoms with Crippen molar-refractivity contribution in [1.29, 1.82) is 0 Å². The van der Waals surface area contributed by atoms with Crippen LogP contribution in [-0.2, 0) is 19.5 Å². The Hall–Kier alpha value is -1.50. The molecule has 1 saturated carbocycles. The summed E-state index contributed by atoms with van der Waals surface area (Å²) < 4.78 is 0. The summed E-state index contributed by atoms with van der Waals surface area (Å²) in [6.45, 7) is 1.91. The van der Waals surface area contributed by atoms with E-state index in [1.54, 1.807) is 0 Å². The van der Waals surface area contributed by atoms with Gasteiger partial charge < -0.3 is 4.98 Å². The Morgan fingerprint density at radius 1 is 1.26 bits per heavy atom. The summed E-state index contributed by atoms with van der Waals surface area (Å²) >= 11 is 12.2. The smallest absolute Gasteiger partial charge is 0.254 e. The number of fused-ring (bicyclic) bond motifs is 1. The average molecular weight is 352 g/mol. The zero-order valence-corrected chi connectivity index (χ0v) is 13.9. The normalized spacial score (nSPS) is 18.0. The van der Waals surface area contributed by atoms with Gasteiger partial charge in [-0.2, -0.15) is 0 Å². The number of H-pyrrole nitrogens is 1. The number of halogens is 2. The lowest BCUT2D eigenvalue weighted by molar-refractivity contribution is 0.239. The van der Waals surface area contributed by atoms with E-state index < -0.39 is 0 Å². The second-order valence-electron chi connectivity index (χ2n) is 6.05. The predicted molar refractivity (Wildman–Crippen MR) is 86.7 cm³/mol. The standard InChI is InChI=1S/C15H15Cl2N5O/c16-12-10(13(17)19-7-18-12)5-22-4-3-9-11(6-22)20-14(8-1-2-8)21-15(9)23/h7-8H,1-6H2,(H,20,21,23). The van der Waals surface area contributed by atoms with Gasteiger partial charge in [-0.1, -0.05) is 23.2 Å². The minimum atomic E-state index is 0.00987. The third kappa shape index (κ3) is 2.98. The molecule has 1 N–H and O–H groups in total. The molecule has 0 unspecified atom stereocenters. The maximum absolute atomic E-state index is 12.2. The third-order valence-corrected chi connectivity index (χ3v) is 5.01. The van der Waals surface area contributed by atoms with Crippen LogP contribution in [0, 0.1) is 0 Å². The van der Waals surface area contributed by atoms with E-state index >= 15 is 0 Å². The van der Waals surface area contributed by atoms with Gasteiger partial charge in [0.25, 0.3) is 5.56 Å². The first-order valence-corrected chi connectivity index (χ1v) is 8.36. The number of aromatic amines is 1. The lowest BCUT2D eigenvalue weighted by Gasteiger charge is -2.28. The van der Waals surface area contributed by atoms with Crippen molar-refractivity contribution < 1.29 is 0 Å². The van der Waals surface area contributed by atoms with Gasteiger partial charge in [0.15, 0.2) is 0 Å². The van der Waals surface area contributed by atoms with E-state index in [9.17, 15) is 4.79 Å². The molecule has 23 heavy (non-hydrogen) atoms. The Kier molecular flexibility index (Phi) is 3.83. The highest BCUT2D eigenvalue weighted by Crippen LogP contribution is 2.38. The van der Waals surface area contributed by atoms with E-state index in [0.717, 1.165) is 36.5 Å². The van der Waals surface area contributed by atoms with Gasteiger partial charge in [-0.15, -0.1) is 0 Å². The molecule has 0 aromatic carbocycles. The molecular weight excluding hydrogens is 337 g/mol. The van der Waals surface area contributed by atoms with Crippen LogP contribution in [0.3, 0.4) is 0 Å². The van der Waals surface area contributed by atoms with Crippen LogP contribution in [0.25, 0.3) is 0 Å². The van der Waals surface area contributed by atoms with Crippen molar-refractivity contribution in [3.05, 3.63) is 49.6 Å². The molecule has 0 spiro atoms. The van der Waals surface area contributed by atoms with Gasteiger partial charge >= 0.3 is 0 Å². The van der Waals surface area contributed by atoms with Crippen molar-refractivity contribution >= 4 is 23.2 Å². The molecular formula is C15H15Cl2N5O. The summed E-state index contributed by atoms with van der Waals surface area (Å²) in [4.78, 5) is 30.0. The average Bonchev–Trinajstić information content (AvgIpc) is 3.35. The summed E-state index contributed by atoms with van der Waals surface area (Å²) in [6, 6.07) is 0. The first-order chi connectivity index (χ1) is 11.1. The number of rotatable bonds is 3. The number of hydrogen-bond acceptors (Lipinski definition) is 5. The Balaban J connectivity index is 1.60. The maximum atomic E-state index is 12.2.